The lowest BCUT2D eigenvalue weighted by atomic mass is 9.93. The van der Waals surface area contributed by atoms with Crippen LogP contribution >= 0.6 is 0 Å². The van der Waals surface area contributed by atoms with Crippen molar-refractivity contribution in [1.29, 1.82) is 0 Å². The summed E-state index contributed by atoms with van der Waals surface area (Å²) in [5.74, 6) is 1.04. The summed E-state index contributed by atoms with van der Waals surface area (Å²) < 4.78 is 7.73. The molecule has 116 valence electrons. The van der Waals surface area contributed by atoms with Crippen LogP contribution in [0.3, 0.4) is 0 Å². The lowest BCUT2D eigenvalue weighted by molar-refractivity contribution is -0.00845. The second-order valence-electron chi connectivity index (χ2n) is 5.82. The van der Waals surface area contributed by atoms with Crippen molar-refractivity contribution in [2.45, 2.75) is 38.3 Å². The largest absolute Gasteiger partial charge is 0.370 e. The Bertz CT molecular complexity index is 494. The van der Waals surface area contributed by atoms with Gasteiger partial charge in [0.1, 0.15) is 6.10 Å². The molecule has 6 heteroatoms. The van der Waals surface area contributed by atoms with E-state index < -0.39 is 0 Å². The first kappa shape index (κ1) is 14.4. The first-order valence-corrected chi connectivity index (χ1v) is 7.92. The van der Waals surface area contributed by atoms with Crippen LogP contribution in [0.4, 0.5) is 0 Å². The second-order valence-corrected chi connectivity index (χ2v) is 5.82. The standard InChI is InChI=1S/C15H25N5O/c1-3-16-15(18-13-5-4-6-13)20-7-8-21-14(11-20)12-9-17-19(2)10-12/h9-10,13-14H,3-8,11H2,1-2H3,(H,16,18). The first-order chi connectivity index (χ1) is 10.3. The number of hydrogen-bond donors (Lipinski definition) is 1. The van der Waals surface area contributed by atoms with Gasteiger partial charge in [0.25, 0.3) is 0 Å². The van der Waals surface area contributed by atoms with Gasteiger partial charge in [-0.2, -0.15) is 5.10 Å². The maximum absolute atomic E-state index is 5.90. The number of hydrogen-bond acceptors (Lipinski definition) is 3. The van der Waals surface area contributed by atoms with Crippen LogP contribution in [0.2, 0.25) is 0 Å². The Morgan fingerprint density at radius 2 is 2.38 bits per heavy atom. The number of morpholine rings is 1. The third kappa shape index (κ3) is 3.37. The molecule has 2 heterocycles. The molecule has 0 bridgehead atoms. The molecular weight excluding hydrogens is 266 g/mol. The molecule has 6 nitrogen and oxygen atoms in total. The van der Waals surface area contributed by atoms with Crippen molar-refractivity contribution in [3.63, 3.8) is 0 Å². The Hall–Kier alpha value is -1.56. The minimum atomic E-state index is 0.0812. The molecule has 0 aromatic carbocycles. The third-order valence-corrected chi connectivity index (χ3v) is 4.21. The topological polar surface area (TPSA) is 54.7 Å². The molecule has 21 heavy (non-hydrogen) atoms. The molecule has 3 rings (SSSR count). The van der Waals surface area contributed by atoms with Crippen LogP contribution in [0.1, 0.15) is 37.9 Å². The summed E-state index contributed by atoms with van der Waals surface area (Å²) in [5.41, 5.74) is 1.14. The van der Waals surface area contributed by atoms with E-state index in [1.165, 1.54) is 19.3 Å². The van der Waals surface area contributed by atoms with E-state index in [0.29, 0.717) is 6.04 Å². The smallest absolute Gasteiger partial charge is 0.194 e. The normalized spacial score (nSPS) is 24.0. The van der Waals surface area contributed by atoms with E-state index in [4.69, 9.17) is 4.74 Å². The highest BCUT2D eigenvalue weighted by Crippen LogP contribution is 2.23. The molecular formula is C15H25N5O. The summed E-state index contributed by atoms with van der Waals surface area (Å²) >= 11 is 0. The van der Waals surface area contributed by atoms with Crippen molar-refractivity contribution in [3.8, 4) is 0 Å². The summed E-state index contributed by atoms with van der Waals surface area (Å²) in [6.07, 6.45) is 7.86. The van der Waals surface area contributed by atoms with Crippen molar-refractivity contribution in [3.05, 3.63) is 18.0 Å². The van der Waals surface area contributed by atoms with Gasteiger partial charge < -0.3 is 15.0 Å². The average Bonchev–Trinajstić information content (AvgIpc) is 2.88. The molecule has 1 unspecified atom stereocenters. The van der Waals surface area contributed by atoms with Crippen LogP contribution in [-0.2, 0) is 11.8 Å². The summed E-state index contributed by atoms with van der Waals surface area (Å²) in [5, 5.41) is 7.84. The number of rotatable bonds is 3. The molecule has 1 saturated carbocycles. The summed E-state index contributed by atoms with van der Waals surface area (Å²) in [4.78, 5) is 6.98. The quantitative estimate of drug-likeness (QED) is 0.674. The number of aliphatic imine (C=N–C) groups is 1. The molecule has 1 atom stereocenters. The lowest BCUT2D eigenvalue weighted by Gasteiger charge is -2.38. The Morgan fingerprint density at radius 3 is 3.00 bits per heavy atom. The predicted molar refractivity (Wildman–Crippen MR) is 82.2 cm³/mol. The molecule has 0 amide bonds. The summed E-state index contributed by atoms with van der Waals surface area (Å²) in [7, 11) is 1.94. The Morgan fingerprint density at radius 1 is 1.52 bits per heavy atom. The molecule has 1 saturated heterocycles. The fourth-order valence-electron chi connectivity index (χ4n) is 2.77. The van der Waals surface area contributed by atoms with Crippen LogP contribution in [-0.4, -0.2) is 52.9 Å². The van der Waals surface area contributed by atoms with Crippen LogP contribution < -0.4 is 5.32 Å². The second kappa shape index (κ2) is 6.47. The molecule has 1 N–H and O–H groups in total. The van der Waals surface area contributed by atoms with Gasteiger partial charge in [-0.25, -0.2) is 0 Å². The minimum Gasteiger partial charge on any atom is -0.370 e. The zero-order valence-corrected chi connectivity index (χ0v) is 13.0. The third-order valence-electron chi connectivity index (χ3n) is 4.21. The van der Waals surface area contributed by atoms with Gasteiger partial charge in [0.15, 0.2) is 5.96 Å². The van der Waals surface area contributed by atoms with E-state index in [1.54, 1.807) is 0 Å². The van der Waals surface area contributed by atoms with Crippen molar-refractivity contribution < 1.29 is 4.74 Å². The van der Waals surface area contributed by atoms with Crippen molar-refractivity contribution >= 4 is 5.96 Å². The Balaban J connectivity index is 1.66. The van der Waals surface area contributed by atoms with Gasteiger partial charge in [-0.1, -0.05) is 0 Å². The van der Waals surface area contributed by atoms with E-state index in [0.717, 1.165) is 37.8 Å². The molecule has 1 aromatic heterocycles. The molecule has 0 spiro atoms. The highest BCUT2D eigenvalue weighted by molar-refractivity contribution is 5.80. The van der Waals surface area contributed by atoms with Gasteiger partial charge in [0, 0.05) is 37.9 Å². The molecule has 0 radical (unpaired) electrons. The fourth-order valence-corrected chi connectivity index (χ4v) is 2.77. The number of aromatic nitrogens is 2. The number of aryl methyl sites for hydroxylation is 1. The highest BCUT2D eigenvalue weighted by Gasteiger charge is 2.27. The first-order valence-electron chi connectivity index (χ1n) is 7.92. The predicted octanol–water partition coefficient (Wildman–Crippen LogP) is 1.31. The maximum Gasteiger partial charge on any atom is 0.194 e. The molecule has 1 aliphatic heterocycles. The SMILES string of the molecule is CCN=C(NC1CCC1)N1CCOC(c2cnn(C)c2)C1. The van der Waals surface area contributed by atoms with Crippen LogP contribution in [0.25, 0.3) is 0 Å². The zero-order chi connectivity index (χ0) is 14.7. The van der Waals surface area contributed by atoms with E-state index in [2.05, 4.69) is 27.2 Å². The molecule has 2 aliphatic rings. The zero-order valence-electron chi connectivity index (χ0n) is 13.0. The number of guanidine groups is 1. The summed E-state index contributed by atoms with van der Waals surface area (Å²) in [6.45, 7) is 5.36. The van der Waals surface area contributed by atoms with Gasteiger partial charge in [-0.3, -0.25) is 9.67 Å². The van der Waals surface area contributed by atoms with E-state index >= 15 is 0 Å². The highest BCUT2D eigenvalue weighted by atomic mass is 16.5. The van der Waals surface area contributed by atoms with Gasteiger partial charge >= 0.3 is 0 Å². The number of nitrogens with zero attached hydrogens (tertiary/aromatic N) is 4. The van der Waals surface area contributed by atoms with E-state index in [1.807, 2.05) is 24.1 Å². The maximum atomic E-state index is 5.90. The fraction of sp³-hybridized carbons (Fsp3) is 0.733. The molecule has 1 aromatic rings. The van der Waals surface area contributed by atoms with Crippen LogP contribution in [0, 0.1) is 0 Å². The van der Waals surface area contributed by atoms with Crippen LogP contribution in [0.5, 0.6) is 0 Å². The van der Waals surface area contributed by atoms with Gasteiger partial charge in [-0.15, -0.1) is 0 Å². The van der Waals surface area contributed by atoms with Crippen molar-refractivity contribution in [1.82, 2.24) is 20.0 Å². The number of nitrogens with one attached hydrogen (secondary N) is 1. The van der Waals surface area contributed by atoms with Crippen LogP contribution in [0.15, 0.2) is 17.4 Å². The molecule has 2 fully saturated rings. The Kier molecular flexibility index (Phi) is 4.43. The van der Waals surface area contributed by atoms with E-state index in [-0.39, 0.29) is 6.10 Å². The molecule has 1 aliphatic carbocycles. The van der Waals surface area contributed by atoms with Crippen molar-refractivity contribution in [2.24, 2.45) is 12.0 Å². The van der Waals surface area contributed by atoms with Gasteiger partial charge in [0.05, 0.1) is 19.3 Å². The number of ether oxygens (including phenoxy) is 1. The Labute approximate surface area is 126 Å². The summed E-state index contributed by atoms with van der Waals surface area (Å²) in [6, 6.07) is 0.606. The average molecular weight is 291 g/mol. The monoisotopic (exact) mass is 291 g/mol. The van der Waals surface area contributed by atoms with E-state index in [9.17, 15) is 0 Å². The van der Waals surface area contributed by atoms with Gasteiger partial charge in [0.2, 0.25) is 0 Å². The van der Waals surface area contributed by atoms with Gasteiger partial charge in [-0.05, 0) is 26.2 Å². The minimum absolute atomic E-state index is 0.0812. The van der Waals surface area contributed by atoms with Crippen molar-refractivity contribution in [2.75, 3.05) is 26.2 Å². The lowest BCUT2D eigenvalue weighted by Crippen LogP contribution is -2.52.